The number of rotatable bonds is 6. The second kappa shape index (κ2) is 5.86. The van der Waals surface area contributed by atoms with E-state index in [2.05, 4.69) is 4.72 Å². The highest BCUT2D eigenvalue weighted by atomic mass is 32.2. The summed E-state index contributed by atoms with van der Waals surface area (Å²) in [6.45, 7) is 0.153. The van der Waals surface area contributed by atoms with Crippen LogP contribution in [-0.2, 0) is 16.6 Å². The van der Waals surface area contributed by atoms with Crippen LogP contribution in [0.25, 0.3) is 0 Å². The fraction of sp³-hybridized carbons (Fsp3) is 0.667. The third-order valence-electron chi connectivity index (χ3n) is 3.38. The van der Waals surface area contributed by atoms with Gasteiger partial charge in [-0.3, -0.25) is 0 Å². The van der Waals surface area contributed by atoms with Gasteiger partial charge in [-0.15, -0.1) is 0 Å². The van der Waals surface area contributed by atoms with Gasteiger partial charge in [0.25, 0.3) is 10.0 Å². The molecule has 0 aliphatic heterocycles. The maximum Gasteiger partial charge on any atom is 0.273 e. The van der Waals surface area contributed by atoms with Crippen LogP contribution in [-0.4, -0.2) is 20.1 Å². The lowest BCUT2D eigenvalue weighted by atomic mass is 10.1. The molecule has 0 atom stereocenters. The molecule has 1 aliphatic carbocycles. The number of aliphatic hydroxyl groups is 1. The van der Waals surface area contributed by atoms with Gasteiger partial charge < -0.3 is 9.52 Å². The minimum Gasteiger partial charge on any atom is -0.446 e. The van der Waals surface area contributed by atoms with E-state index in [1.807, 2.05) is 0 Å². The Balaban J connectivity index is 1.86. The molecule has 6 heteroatoms. The molecule has 102 valence electrons. The molecule has 2 rings (SSSR count). The van der Waals surface area contributed by atoms with Crippen molar-refractivity contribution in [2.24, 2.45) is 5.92 Å². The van der Waals surface area contributed by atoms with Crippen molar-refractivity contribution in [1.29, 1.82) is 0 Å². The van der Waals surface area contributed by atoms with Crippen LogP contribution < -0.4 is 4.72 Å². The first-order valence-corrected chi connectivity index (χ1v) is 7.79. The maximum atomic E-state index is 11.8. The molecular weight excluding hydrogens is 254 g/mol. The first-order valence-electron chi connectivity index (χ1n) is 6.31. The zero-order valence-electron chi connectivity index (χ0n) is 10.3. The molecule has 0 amide bonds. The molecule has 2 N–H and O–H groups in total. The summed E-state index contributed by atoms with van der Waals surface area (Å²) < 4.78 is 31.3. The molecule has 0 spiro atoms. The molecule has 1 aliphatic rings. The molecule has 0 aromatic carbocycles. The van der Waals surface area contributed by atoms with E-state index in [4.69, 9.17) is 9.52 Å². The van der Waals surface area contributed by atoms with Crippen molar-refractivity contribution in [3.05, 3.63) is 17.9 Å². The van der Waals surface area contributed by atoms with Gasteiger partial charge in [-0.25, -0.2) is 13.1 Å². The molecule has 0 radical (unpaired) electrons. The topological polar surface area (TPSA) is 79.5 Å². The Bertz CT molecular complexity index is 474. The van der Waals surface area contributed by atoms with Crippen molar-refractivity contribution < 1.29 is 17.9 Å². The average molecular weight is 273 g/mol. The predicted octanol–water partition coefficient (Wildman–Crippen LogP) is 1.63. The highest BCUT2D eigenvalue weighted by molar-refractivity contribution is 7.89. The molecule has 18 heavy (non-hydrogen) atoms. The summed E-state index contributed by atoms with van der Waals surface area (Å²) in [5, 5.41) is 8.70. The van der Waals surface area contributed by atoms with Gasteiger partial charge >= 0.3 is 0 Å². The van der Waals surface area contributed by atoms with E-state index in [1.54, 1.807) is 0 Å². The van der Waals surface area contributed by atoms with Gasteiger partial charge in [-0.1, -0.05) is 25.7 Å². The predicted molar refractivity (Wildman–Crippen MR) is 66.4 cm³/mol. The van der Waals surface area contributed by atoms with E-state index in [0.717, 1.165) is 6.42 Å². The van der Waals surface area contributed by atoms with Crippen LogP contribution in [0.15, 0.2) is 21.6 Å². The smallest absolute Gasteiger partial charge is 0.273 e. The average Bonchev–Trinajstić information content (AvgIpc) is 2.99. The Labute approximate surface area is 107 Å². The molecule has 0 bridgehead atoms. The summed E-state index contributed by atoms with van der Waals surface area (Å²) in [5.41, 5.74) is 0. The van der Waals surface area contributed by atoms with Crippen molar-refractivity contribution in [2.75, 3.05) is 6.54 Å². The largest absolute Gasteiger partial charge is 0.446 e. The second-order valence-corrected chi connectivity index (χ2v) is 6.41. The van der Waals surface area contributed by atoms with Crippen LogP contribution in [0.2, 0.25) is 0 Å². The third kappa shape index (κ3) is 3.34. The lowest BCUT2D eigenvalue weighted by Crippen LogP contribution is -2.25. The van der Waals surface area contributed by atoms with Gasteiger partial charge in [0.15, 0.2) is 0 Å². The van der Waals surface area contributed by atoms with Gasteiger partial charge in [0, 0.05) is 6.54 Å². The van der Waals surface area contributed by atoms with Crippen LogP contribution in [0.4, 0.5) is 0 Å². The summed E-state index contributed by atoms with van der Waals surface area (Å²) in [7, 11) is -3.57. The number of hydrogen-bond donors (Lipinski definition) is 2. The normalized spacial score (nSPS) is 17.4. The van der Waals surface area contributed by atoms with E-state index in [9.17, 15) is 8.42 Å². The number of hydrogen-bond acceptors (Lipinski definition) is 4. The fourth-order valence-electron chi connectivity index (χ4n) is 2.36. The zero-order valence-corrected chi connectivity index (χ0v) is 11.1. The van der Waals surface area contributed by atoms with Crippen molar-refractivity contribution in [3.8, 4) is 0 Å². The van der Waals surface area contributed by atoms with Crippen molar-refractivity contribution in [3.63, 3.8) is 0 Å². The zero-order chi connectivity index (χ0) is 13.0. The molecule has 1 heterocycles. The first kappa shape index (κ1) is 13.6. The lowest BCUT2D eigenvalue weighted by Gasteiger charge is -2.09. The Kier molecular flexibility index (Phi) is 4.42. The number of nitrogens with one attached hydrogen (secondary N) is 1. The van der Waals surface area contributed by atoms with Gasteiger partial charge in [0.2, 0.25) is 5.09 Å². The fourth-order valence-corrected chi connectivity index (χ4v) is 3.35. The summed E-state index contributed by atoms with van der Waals surface area (Å²) >= 11 is 0. The molecule has 0 saturated heterocycles. The van der Waals surface area contributed by atoms with E-state index < -0.39 is 10.0 Å². The van der Waals surface area contributed by atoms with Gasteiger partial charge in [0.05, 0.1) is 0 Å². The Morgan fingerprint density at radius 1 is 1.33 bits per heavy atom. The molecule has 5 nitrogen and oxygen atoms in total. The van der Waals surface area contributed by atoms with Crippen molar-refractivity contribution in [1.82, 2.24) is 4.72 Å². The Morgan fingerprint density at radius 3 is 2.67 bits per heavy atom. The lowest BCUT2D eigenvalue weighted by molar-refractivity contribution is 0.236. The number of sulfonamides is 1. The molecular formula is C12H19NO4S. The Morgan fingerprint density at radius 2 is 2.06 bits per heavy atom. The standard InChI is InChI=1S/C12H19NO4S/c14-9-11-5-6-12(17-11)18(15,16)13-8-7-10-3-1-2-4-10/h5-6,10,13-14H,1-4,7-9H2. The highest BCUT2D eigenvalue weighted by Crippen LogP contribution is 2.27. The molecule has 1 fully saturated rings. The molecule has 1 aromatic heterocycles. The second-order valence-electron chi connectivity index (χ2n) is 4.72. The van der Waals surface area contributed by atoms with E-state index >= 15 is 0 Å². The van der Waals surface area contributed by atoms with Crippen LogP contribution in [0.3, 0.4) is 0 Å². The van der Waals surface area contributed by atoms with Crippen molar-refractivity contribution in [2.45, 2.75) is 43.8 Å². The number of aliphatic hydroxyl groups excluding tert-OH is 1. The van der Waals surface area contributed by atoms with Crippen LogP contribution >= 0.6 is 0 Å². The highest BCUT2D eigenvalue weighted by Gasteiger charge is 2.20. The van der Waals surface area contributed by atoms with Crippen molar-refractivity contribution >= 4 is 10.0 Å². The Hall–Kier alpha value is -0.850. The van der Waals surface area contributed by atoms with Crippen LogP contribution in [0.5, 0.6) is 0 Å². The van der Waals surface area contributed by atoms with Gasteiger partial charge in [-0.05, 0) is 24.5 Å². The minimum absolute atomic E-state index is 0.127. The molecule has 1 saturated carbocycles. The minimum atomic E-state index is -3.57. The third-order valence-corrected chi connectivity index (χ3v) is 4.71. The van der Waals surface area contributed by atoms with Gasteiger partial charge in [0.1, 0.15) is 12.4 Å². The first-order chi connectivity index (χ1) is 8.62. The van der Waals surface area contributed by atoms with Crippen LogP contribution in [0.1, 0.15) is 37.9 Å². The van der Waals surface area contributed by atoms with Gasteiger partial charge in [-0.2, -0.15) is 0 Å². The van der Waals surface area contributed by atoms with E-state index in [0.29, 0.717) is 12.5 Å². The van der Waals surface area contributed by atoms with E-state index in [-0.39, 0.29) is 17.5 Å². The SMILES string of the molecule is O=S(=O)(NCCC1CCCC1)c1ccc(CO)o1. The summed E-state index contributed by atoms with van der Waals surface area (Å²) in [6.07, 6.45) is 5.81. The summed E-state index contributed by atoms with van der Waals surface area (Å²) in [6, 6.07) is 2.83. The molecule has 1 aromatic rings. The molecule has 0 unspecified atom stereocenters. The summed E-state index contributed by atoms with van der Waals surface area (Å²) in [5.74, 6) is 0.906. The maximum absolute atomic E-state index is 11.8. The van der Waals surface area contributed by atoms with E-state index in [1.165, 1.54) is 37.8 Å². The summed E-state index contributed by atoms with van der Waals surface area (Å²) in [4.78, 5) is 0. The quantitative estimate of drug-likeness (QED) is 0.825. The van der Waals surface area contributed by atoms with Crippen LogP contribution in [0, 0.1) is 5.92 Å². The number of furan rings is 1. The monoisotopic (exact) mass is 273 g/mol.